The summed E-state index contributed by atoms with van der Waals surface area (Å²) >= 11 is 1.64. The molecule has 1 aliphatic heterocycles. The van der Waals surface area contributed by atoms with Crippen LogP contribution in [0.5, 0.6) is 11.5 Å². The summed E-state index contributed by atoms with van der Waals surface area (Å²) in [6, 6.07) is 13.5. The van der Waals surface area contributed by atoms with Crippen LogP contribution in [0.2, 0.25) is 0 Å². The molecule has 3 aromatic rings. The molecule has 29 heavy (non-hydrogen) atoms. The van der Waals surface area contributed by atoms with E-state index >= 15 is 0 Å². The Morgan fingerprint density at radius 1 is 1.31 bits per heavy atom. The van der Waals surface area contributed by atoms with E-state index in [0.717, 1.165) is 46.2 Å². The number of nitrogens with zero attached hydrogens (tertiary/aromatic N) is 2. The Morgan fingerprint density at radius 3 is 3.00 bits per heavy atom. The lowest BCUT2D eigenvalue weighted by molar-refractivity contribution is -0.120. The van der Waals surface area contributed by atoms with Gasteiger partial charge in [0.1, 0.15) is 11.5 Å². The van der Waals surface area contributed by atoms with E-state index < -0.39 is 0 Å². The number of thiazole rings is 1. The third kappa shape index (κ3) is 4.29. The van der Waals surface area contributed by atoms with Crippen LogP contribution in [0.15, 0.2) is 42.5 Å². The Balaban J connectivity index is 1.47. The number of rotatable bonds is 6. The summed E-state index contributed by atoms with van der Waals surface area (Å²) in [4.78, 5) is 19.9. The minimum atomic E-state index is -0.0834. The Kier molecular flexibility index (Phi) is 5.85. The van der Waals surface area contributed by atoms with Gasteiger partial charge in [0.2, 0.25) is 5.91 Å². The number of anilines is 2. The summed E-state index contributed by atoms with van der Waals surface area (Å²) < 4.78 is 12.0. The molecule has 1 atom stereocenters. The van der Waals surface area contributed by atoms with Gasteiger partial charge in [-0.15, -0.1) is 0 Å². The van der Waals surface area contributed by atoms with E-state index in [1.54, 1.807) is 18.4 Å². The molecule has 2 aromatic carbocycles. The van der Waals surface area contributed by atoms with E-state index in [9.17, 15) is 4.79 Å². The van der Waals surface area contributed by atoms with Crippen LogP contribution >= 0.6 is 11.3 Å². The molecule has 0 aliphatic carbocycles. The first-order valence-corrected chi connectivity index (χ1v) is 10.7. The third-order valence-electron chi connectivity index (χ3n) is 5.09. The predicted octanol–water partition coefficient (Wildman–Crippen LogP) is 4.56. The number of methoxy groups -OCH3 is 1. The maximum atomic E-state index is 12.9. The predicted molar refractivity (Wildman–Crippen MR) is 117 cm³/mol. The number of piperidine rings is 1. The van der Waals surface area contributed by atoms with Gasteiger partial charge in [0.05, 0.1) is 35.5 Å². The first-order chi connectivity index (χ1) is 14.2. The first kappa shape index (κ1) is 19.5. The molecule has 4 rings (SSSR count). The van der Waals surface area contributed by atoms with Gasteiger partial charge in [0, 0.05) is 13.1 Å². The highest BCUT2D eigenvalue weighted by Gasteiger charge is 2.28. The van der Waals surface area contributed by atoms with Gasteiger partial charge in [-0.2, -0.15) is 0 Å². The lowest BCUT2D eigenvalue weighted by Crippen LogP contribution is -2.40. The fourth-order valence-corrected chi connectivity index (χ4v) is 4.63. The van der Waals surface area contributed by atoms with E-state index in [2.05, 4.69) is 10.2 Å². The topological polar surface area (TPSA) is 63.7 Å². The smallest absolute Gasteiger partial charge is 0.229 e. The quantitative estimate of drug-likeness (QED) is 0.644. The number of aromatic nitrogens is 1. The number of amides is 1. The van der Waals surface area contributed by atoms with Gasteiger partial charge in [-0.05, 0) is 50.1 Å². The fraction of sp³-hybridized carbons (Fsp3) is 0.364. The van der Waals surface area contributed by atoms with Crippen LogP contribution in [0, 0.1) is 5.92 Å². The van der Waals surface area contributed by atoms with Crippen molar-refractivity contribution in [2.24, 2.45) is 5.92 Å². The molecule has 0 spiro atoms. The maximum Gasteiger partial charge on any atom is 0.229 e. The summed E-state index contributed by atoms with van der Waals surface area (Å²) in [6.07, 6.45) is 1.84. The minimum Gasteiger partial charge on any atom is -0.497 e. The lowest BCUT2D eigenvalue weighted by Gasteiger charge is -2.31. The molecule has 0 bridgehead atoms. The van der Waals surface area contributed by atoms with Gasteiger partial charge in [-0.3, -0.25) is 4.79 Å². The molecule has 6 nitrogen and oxygen atoms in total. The number of hydrogen-bond acceptors (Lipinski definition) is 6. The number of nitrogens with one attached hydrogen (secondary N) is 1. The second kappa shape index (κ2) is 8.69. The average molecular weight is 412 g/mol. The molecule has 1 aromatic heterocycles. The molecule has 0 radical (unpaired) electrons. The van der Waals surface area contributed by atoms with Gasteiger partial charge in [-0.25, -0.2) is 4.98 Å². The summed E-state index contributed by atoms with van der Waals surface area (Å²) in [5.41, 5.74) is 1.69. The van der Waals surface area contributed by atoms with Crippen LogP contribution in [0.4, 0.5) is 10.8 Å². The van der Waals surface area contributed by atoms with Gasteiger partial charge in [-0.1, -0.05) is 23.5 Å². The summed E-state index contributed by atoms with van der Waals surface area (Å²) in [7, 11) is 1.67. The maximum absolute atomic E-state index is 12.9. The number of ether oxygens (including phenoxy) is 2. The van der Waals surface area contributed by atoms with Crippen LogP contribution in [-0.2, 0) is 4.79 Å². The third-order valence-corrected chi connectivity index (χ3v) is 6.17. The zero-order chi connectivity index (χ0) is 20.2. The molecule has 1 fully saturated rings. The summed E-state index contributed by atoms with van der Waals surface area (Å²) in [5.74, 6) is 1.48. The number of carbonyl (C=O) groups is 1. The number of carbonyl (C=O) groups excluding carboxylic acids is 1. The van der Waals surface area contributed by atoms with Crippen molar-refractivity contribution in [3.63, 3.8) is 0 Å². The van der Waals surface area contributed by atoms with Crippen LogP contribution < -0.4 is 19.7 Å². The van der Waals surface area contributed by atoms with Crippen molar-refractivity contribution in [2.75, 3.05) is 37.0 Å². The molecule has 1 N–H and O–H groups in total. The molecule has 7 heteroatoms. The van der Waals surface area contributed by atoms with Crippen molar-refractivity contribution >= 4 is 38.3 Å². The fourth-order valence-electron chi connectivity index (χ4n) is 3.61. The first-order valence-electron chi connectivity index (χ1n) is 9.90. The highest BCUT2D eigenvalue weighted by Crippen LogP contribution is 2.34. The highest BCUT2D eigenvalue weighted by molar-refractivity contribution is 7.22. The van der Waals surface area contributed by atoms with Gasteiger partial charge in [0.25, 0.3) is 0 Å². The summed E-state index contributed by atoms with van der Waals surface area (Å²) in [5, 5.41) is 4.01. The Morgan fingerprint density at radius 2 is 2.17 bits per heavy atom. The van der Waals surface area contributed by atoms with E-state index in [1.165, 1.54) is 0 Å². The number of hydrogen-bond donors (Lipinski definition) is 1. The number of benzene rings is 2. The zero-order valence-electron chi connectivity index (χ0n) is 16.7. The molecule has 1 unspecified atom stereocenters. The van der Waals surface area contributed by atoms with E-state index in [0.29, 0.717) is 18.9 Å². The van der Waals surface area contributed by atoms with Crippen LogP contribution in [-0.4, -0.2) is 37.7 Å². The van der Waals surface area contributed by atoms with Crippen molar-refractivity contribution in [3.05, 3.63) is 42.5 Å². The molecule has 1 saturated heterocycles. The molecular weight excluding hydrogens is 386 g/mol. The minimum absolute atomic E-state index is 0.0321. The molecule has 1 amide bonds. The van der Waals surface area contributed by atoms with Gasteiger partial charge < -0.3 is 19.7 Å². The highest BCUT2D eigenvalue weighted by atomic mass is 32.1. The monoisotopic (exact) mass is 411 g/mol. The van der Waals surface area contributed by atoms with Crippen molar-refractivity contribution in [2.45, 2.75) is 19.8 Å². The second-order valence-electron chi connectivity index (χ2n) is 7.03. The molecular formula is C22H25N3O3S. The van der Waals surface area contributed by atoms with Crippen molar-refractivity contribution in [1.82, 2.24) is 4.98 Å². The van der Waals surface area contributed by atoms with Crippen molar-refractivity contribution in [3.8, 4) is 11.5 Å². The van der Waals surface area contributed by atoms with Gasteiger partial charge >= 0.3 is 0 Å². The van der Waals surface area contributed by atoms with Crippen LogP contribution in [0.25, 0.3) is 10.2 Å². The Bertz CT molecular complexity index is 1000. The van der Waals surface area contributed by atoms with Gasteiger partial charge in [0.15, 0.2) is 5.13 Å². The van der Waals surface area contributed by atoms with Crippen LogP contribution in [0.1, 0.15) is 19.8 Å². The zero-order valence-corrected chi connectivity index (χ0v) is 17.5. The molecule has 152 valence electrons. The normalized spacial score (nSPS) is 16.6. The molecule has 2 heterocycles. The average Bonchev–Trinajstić information content (AvgIpc) is 3.18. The molecule has 1 aliphatic rings. The van der Waals surface area contributed by atoms with E-state index in [-0.39, 0.29) is 11.8 Å². The molecule has 0 saturated carbocycles. The van der Waals surface area contributed by atoms with E-state index in [4.69, 9.17) is 14.5 Å². The van der Waals surface area contributed by atoms with Crippen LogP contribution in [0.3, 0.4) is 0 Å². The van der Waals surface area contributed by atoms with Crippen molar-refractivity contribution < 1.29 is 14.3 Å². The second-order valence-corrected chi connectivity index (χ2v) is 8.04. The standard InChI is InChI=1S/C22H25N3O3S/c1-3-28-19-9-5-4-8-17(19)23-21(26)15-7-6-12-25(14-15)22-24-18-11-10-16(27-2)13-20(18)29-22/h4-5,8-11,13,15H,3,6-7,12,14H2,1-2H3,(H,23,26). The summed E-state index contributed by atoms with van der Waals surface area (Å²) in [6.45, 7) is 4.08. The number of fused-ring (bicyclic) bond motifs is 1. The Labute approximate surface area is 174 Å². The number of para-hydroxylation sites is 2. The van der Waals surface area contributed by atoms with Crippen molar-refractivity contribution in [1.29, 1.82) is 0 Å². The Hall–Kier alpha value is -2.80. The SMILES string of the molecule is CCOc1ccccc1NC(=O)C1CCCN(c2nc3ccc(OC)cc3s2)C1. The lowest BCUT2D eigenvalue weighted by atomic mass is 9.97. The largest absolute Gasteiger partial charge is 0.497 e. The van der Waals surface area contributed by atoms with E-state index in [1.807, 2.05) is 49.4 Å².